The fourth-order valence-corrected chi connectivity index (χ4v) is 1.85. The summed E-state index contributed by atoms with van der Waals surface area (Å²) < 4.78 is 0. The van der Waals surface area contributed by atoms with Crippen LogP contribution in [0.2, 0.25) is 5.02 Å². The molecular formula is C11H15ClN2O3. The van der Waals surface area contributed by atoms with E-state index in [0.29, 0.717) is 11.4 Å². The van der Waals surface area contributed by atoms with Crippen LogP contribution in [0.1, 0.15) is 17.3 Å². The van der Waals surface area contributed by atoms with Crippen molar-refractivity contribution in [3.8, 4) is 0 Å². The summed E-state index contributed by atoms with van der Waals surface area (Å²) in [6.07, 6.45) is 0. The number of carboxylic acid groups (broad SMARTS) is 1. The van der Waals surface area contributed by atoms with Gasteiger partial charge in [-0.15, -0.1) is 0 Å². The van der Waals surface area contributed by atoms with Gasteiger partial charge in [0.2, 0.25) is 0 Å². The lowest BCUT2D eigenvalue weighted by atomic mass is 10.1. The molecule has 0 aliphatic rings. The van der Waals surface area contributed by atoms with E-state index in [1.807, 2.05) is 0 Å². The normalized spacial score (nSPS) is 12.2. The third-order valence-corrected chi connectivity index (χ3v) is 2.88. The summed E-state index contributed by atoms with van der Waals surface area (Å²) in [5.41, 5.74) is 6.23. The van der Waals surface area contributed by atoms with E-state index in [-0.39, 0.29) is 23.2 Å². The van der Waals surface area contributed by atoms with Gasteiger partial charge in [-0.25, -0.2) is 4.79 Å². The standard InChI is InChI=1S/C11H15ClN2O3/c1-6(5-15)14(2)10-8(11(16)17)3-7(13)4-9(10)12/h3-4,6,15H,5,13H2,1-2H3,(H,16,17). The van der Waals surface area contributed by atoms with Crippen LogP contribution < -0.4 is 10.6 Å². The van der Waals surface area contributed by atoms with Crippen LogP contribution in [0.15, 0.2) is 12.1 Å². The molecule has 6 heteroatoms. The fourth-order valence-electron chi connectivity index (χ4n) is 1.48. The Morgan fingerprint density at radius 2 is 2.18 bits per heavy atom. The molecule has 1 aromatic rings. The molecule has 17 heavy (non-hydrogen) atoms. The van der Waals surface area contributed by atoms with Crippen molar-refractivity contribution in [2.45, 2.75) is 13.0 Å². The lowest BCUT2D eigenvalue weighted by Gasteiger charge is -2.27. The number of carboxylic acids is 1. The van der Waals surface area contributed by atoms with Gasteiger partial charge in [0.1, 0.15) is 0 Å². The smallest absolute Gasteiger partial charge is 0.337 e. The summed E-state index contributed by atoms with van der Waals surface area (Å²) in [7, 11) is 1.67. The number of aliphatic hydroxyl groups is 1. The highest BCUT2D eigenvalue weighted by atomic mass is 35.5. The molecule has 0 spiro atoms. The molecule has 0 saturated carbocycles. The molecule has 0 aliphatic heterocycles. The number of halogens is 1. The van der Waals surface area contributed by atoms with E-state index < -0.39 is 5.97 Å². The van der Waals surface area contributed by atoms with E-state index in [1.54, 1.807) is 18.9 Å². The predicted molar refractivity (Wildman–Crippen MR) is 67.8 cm³/mol. The molecule has 0 fully saturated rings. The number of hydrogen-bond donors (Lipinski definition) is 3. The third-order valence-electron chi connectivity index (χ3n) is 2.59. The SMILES string of the molecule is CC(CO)N(C)c1c(Cl)cc(N)cc1C(=O)O. The molecule has 0 bridgehead atoms. The van der Waals surface area contributed by atoms with Crippen molar-refractivity contribution in [3.63, 3.8) is 0 Å². The van der Waals surface area contributed by atoms with Gasteiger partial charge >= 0.3 is 5.97 Å². The maximum Gasteiger partial charge on any atom is 0.337 e. The van der Waals surface area contributed by atoms with Crippen molar-refractivity contribution < 1.29 is 15.0 Å². The van der Waals surface area contributed by atoms with Crippen LogP contribution >= 0.6 is 11.6 Å². The highest BCUT2D eigenvalue weighted by Crippen LogP contribution is 2.32. The lowest BCUT2D eigenvalue weighted by Crippen LogP contribution is -2.33. The number of hydrogen-bond acceptors (Lipinski definition) is 4. The first-order valence-corrected chi connectivity index (χ1v) is 5.42. The van der Waals surface area contributed by atoms with Crippen molar-refractivity contribution in [2.24, 2.45) is 0 Å². The van der Waals surface area contributed by atoms with Crippen molar-refractivity contribution in [1.29, 1.82) is 0 Å². The zero-order valence-electron chi connectivity index (χ0n) is 9.64. The molecule has 1 atom stereocenters. The summed E-state index contributed by atoms with van der Waals surface area (Å²) >= 11 is 6.01. The van der Waals surface area contributed by atoms with Crippen LogP contribution in [-0.2, 0) is 0 Å². The molecule has 1 unspecified atom stereocenters. The summed E-state index contributed by atoms with van der Waals surface area (Å²) in [6, 6.07) is 2.60. The Labute approximate surface area is 104 Å². The molecule has 0 aromatic heterocycles. The second-order valence-electron chi connectivity index (χ2n) is 3.85. The van der Waals surface area contributed by atoms with Gasteiger partial charge < -0.3 is 20.8 Å². The average Bonchev–Trinajstić information content (AvgIpc) is 2.26. The third kappa shape index (κ3) is 2.81. The number of rotatable bonds is 4. The van der Waals surface area contributed by atoms with Crippen LogP contribution in [-0.4, -0.2) is 35.9 Å². The zero-order valence-corrected chi connectivity index (χ0v) is 10.4. The van der Waals surface area contributed by atoms with Gasteiger partial charge in [-0.2, -0.15) is 0 Å². The van der Waals surface area contributed by atoms with E-state index in [0.717, 1.165) is 0 Å². The monoisotopic (exact) mass is 258 g/mol. The Balaban J connectivity index is 3.35. The largest absolute Gasteiger partial charge is 0.478 e. The molecule has 1 aromatic carbocycles. The Bertz CT molecular complexity index is 437. The number of anilines is 2. The minimum atomic E-state index is -1.11. The number of carbonyl (C=O) groups is 1. The molecule has 4 N–H and O–H groups in total. The van der Waals surface area contributed by atoms with Gasteiger partial charge in [0, 0.05) is 18.8 Å². The molecular weight excluding hydrogens is 244 g/mol. The molecule has 1 rings (SSSR count). The second-order valence-corrected chi connectivity index (χ2v) is 4.25. The Morgan fingerprint density at radius 1 is 1.59 bits per heavy atom. The number of benzene rings is 1. The molecule has 0 amide bonds. The van der Waals surface area contributed by atoms with Crippen molar-refractivity contribution in [1.82, 2.24) is 0 Å². The summed E-state index contributed by atoms with van der Waals surface area (Å²) in [4.78, 5) is 12.8. The number of aliphatic hydroxyl groups excluding tert-OH is 1. The van der Waals surface area contributed by atoms with Crippen molar-refractivity contribution in [3.05, 3.63) is 22.7 Å². The number of nitrogens with zero attached hydrogens (tertiary/aromatic N) is 1. The van der Waals surface area contributed by atoms with Gasteiger partial charge in [-0.3, -0.25) is 0 Å². The predicted octanol–water partition coefficient (Wildman–Crippen LogP) is 1.44. The van der Waals surface area contributed by atoms with Crippen LogP contribution in [0.25, 0.3) is 0 Å². The van der Waals surface area contributed by atoms with Crippen LogP contribution in [0.4, 0.5) is 11.4 Å². The minimum absolute atomic E-state index is 0.0257. The molecule has 0 saturated heterocycles. The van der Waals surface area contributed by atoms with Gasteiger partial charge in [0.25, 0.3) is 0 Å². The molecule has 0 aliphatic carbocycles. The first-order chi connectivity index (χ1) is 7.88. The number of nitrogen functional groups attached to an aromatic ring is 1. The molecule has 0 heterocycles. The van der Waals surface area contributed by atoms with Crippen LogP contribution in [0, 0.1) is 0 Å². The first-order valence-electron chi connectivity index (χ1n) is 5.04. The maximum atomic E-state index is 11.1. The molecule has 5 nitrogen and oxygen atoms in total. The van der Waals surface area contributed by atoms with E-state index in [1.165, 1.54) is 12.1 Å². The minimum Gasteiger partial charge on any atom is -0.478 e. The van der Waals surface area contributed by atoms with Crippen LogP contribution in [0.5, 0.6) is 0 Å². The summed E-state index contributed by atoms with van der Waals surface area (Å²) in [5.74, 6) is -1.11. The Hall–Kier alpha value is -1.46. The summed E-state index contributed by atoms with van der Waals surface area (Å²) in [6.45, 7) is 1.66. The van der Waals surface area contributed by atoms with Crippen molar-refractivity contribution in [2.75, 3.05) is 24.3 Å². The summed E-state index contributed by atoms with van der Waals surface area (Å²) in [5, 5.41) is 18.5. The van der Waals surface area contributed by atoms with Gasteiger partial charge in [0.05, 0.1) is 22.9 Å². The van der Waals surface area contributed by atoms with Crippen LogP contribution in [0.3, 0.4) is 0 Å². The zero-order chi connectivity index (χ0) is 13.2. The van der Waals surface area contributed by atoms with E-state index in [2.05, 4.69) is 0 Å². The van der Waals surface area contributed by atoms with Crippen molar-refractivity contribution >= 4 is 28.9 Å². The number of likely N-dealkylation sites (N-methyl/N-ethyl adjacent to an activating group) is 1. The highest BCUT2D eigenvalue weighted by Gasteiger charge is 2.20. The quantitative estimate of drug-likeness (QED) is 0.712. The topological polar surface area (TPSA) is 86.8 Å². The fraction of sp³-hybridized carbons (Fsp3) is 0.364. The molecule has 0 radical (unpaired) electrons. The lowest BCUT2D eigenvalue weighted by molar-refractivity contribution is 0.0697. The van der Waals surface area contributed by atoms with E-state index >= 15 is 0 Å². The first kappa shape index (κ1) is 13.6. The Morgan fingerprint density at radius 3 is 2.65 bits per heavy atom. The maximum absolute atomic E-state index is 11.1. The van der Waals surface area contributed by atoms with E-state index in [9.17, 15) is 4.79 Å². The van der Waals surface area contributed by atoms with Gasteiger partial charge in [0.15, 0.2) is 0 Å². The van der Waals surface area contributed by atoms with E-state index in [4.69, 9.17) is 27.5 Å². The Kier molecular flexibility index (Phi) is 4.20. The van der Waals surface area contributed by atoms with Gasteiger partial charge in [-0.1, -0.05) is 11.6 Å². The van der Waals surface area contributed by atoms with Gasteiger partial charge in [-0.05, 0) is 19.1 Å². The number of nitrogens with two attached hydrogens (primary N) is 1. The second kappa shape index (κ2) is 5.25. The molecule has 94 valence electrons. The average molecular weight is 259 g/mol. The number of aromatic carboxylic acids is 1. The highest BCUT2D eigenvalue weighted by molar-refractivity contribution is 6.34.